The van der Waals surface area contributed by atoms with Gasteiger partial charge < -0.3 is 9.84 Å². The van der Waals surface area contributed by atoms with Crippen LogP contribution in [0, 0.1) is 5.41 Å². The van der Waals surface area contributed by atoms with Gasteiger partial charge >= 0.3 is 0 Å². The Morgan fingerprint density at radius 1 is 1.50 bits per heavy atom. The third kappa shape index (κ3) is 3.19. The Labute approximate surface area is 151 Å². The molecule has 1 aromatic carbocycles. The van der Waals surface area contributed by atoms with Crippen LogP contribution in [0.1, 0.15) is 23.4 Å². The van der Waals surface area contributed by atoms with E-state index in [1.165, 1.54) is 11.3 Å². The van der Waals surface area contributed by atoms with Crippen LogP contribution in [0.15, 0.2) is 28.6 Å². The van der Waals surface area contributed by atoms with Gasteiger partial charge in [0, 0.05) is 11.6 Å². The number of aromatic nitrogens is 1. The first-order valence-electron chi connectivity index (χ1n) is 7.08. The van der Waals surface area contributed by atoms with Crippen LogP contribution in [0.5, 0.6) is 11.5 Å². The molecule has 0 radical (unpaired) electrons. The molecule has 0 saturated carbocycles. The number of benzene rings is 1. The largest absolute Gasteiger partial charge is 0.503 e. The number of hydrogen-bond donors (Lipinski definition) is 2. The van der Waals surface area contributed by atoms with Crippen LogP contribution < -0.4 is 4.74 Å². The number of carbonyl (C=O) groups excluding carboxylic acids is 1. The smallest absolute Gasteiger partial charge is 0.186 e. The number of nitrogens with one attached hydrogen (secondary N) is 1. The highest BCUT2D eigenvalue weighted by atomic mass is 35.5. The van der Waals surface area contributed by atoms with Gasteiger partial charge in [0.2, 0.25) is 0 Å². The van der Waals surface area contributed by atoms with Crippen LogP contribution >= 0.6 is 34.7 Å². The van der Waals surface area contributed by atoms with Crippen LogP contribution in [0.3, 0.4) is 0 Å². The number of nitrogens with zero attached hydrogens (tertiary/aromatic N) is 1. The summed E-state index contributed by atoms with van der Waals surface area (Å²) in [5.41, 5.74) is 0.629. The van der Waals surface area contributed by atoms with Crippen molar-refractivity contribution in [1.29, 1.82) is 5.41 Å². The van der Waals surface area contributed by atoms with Crippen molar-refractivity contribution in [2.45, 2.75) is 12.8 Å². The maximum absolute atomic E-state index is 12.6. The minimum Gasteiger partial charge on any atom is -0.503 e. The Hall–Kier alpha value is -1.83. The number of halogens is 1. The number of allylic oxidation sites excluding steroid dienone is 1. The Morgan fingerprint density at radius 2 is 2.29 bits per heavy atom. The lowest BCUT2D eigenvalue weighted by molar-refractivity contribution is -0.114. The second-order valence-electron chi connectivity index (χ2n) is 4.92. The van der Waals surface area contributed by atoms with E-state index in [1.54, 1.807) is 36.7 Å². The highest BCUT2D eigenvalue weighted by Crippen LogP contribution is 2.42. The first-order valence-corrected chi connectivity index (χ1v) is 9.15. The van der Waals surface area contributed by atoms with E-state index in [4.69, 9.17) is 21.7 Å². The van der Waals surface area contributed by atoms with Gasteiger partial charge in [0.1, 0.15) is 10.9 Å². The number of phenolic OH excluding ortho intramolecular Hbond substituents is 1. The summed E-state index contributed by atoms with van der Waals surface area (Å²) in [6.07, 6.45) is 3.28. The minimum atomic E-state index is -0.625. The van der Waals surface area contributed by atoms with E-state index in [0.717, 1.165) is 11.8 Å². The fourth-order valence-corrected chi connectivity index (χ4v) is 4.31. The normalized spacial score (nSPS) is 19.2. The molecule has 8 heteroatoms. The molecule has 0 spiro atoms. The number of ether oxygens (including phenoxy) is 1. The lowest BCUT2D eigenvalue weighted by atomic mass is 10.0. The summed E-state index contributed by atoms with van der Waals surface area (Å²) in [5, 5.41) is 20.8. The van der Waals surface area contributed by atoms with Crippen molar-refractivity contribution in [3.8, 4) is 11.5 Å². The number of carbonyl (C=O) groups is 1. The Balaban J connectivity index is 1.95. The van der Waals surface area contributed by atoms with Gasteiger partial charge in [-0.2, -0.15) is 0 Å². The Morgan fingerprint density at radius 3 is 2.96 bits per heavy atom. The van der Waals surface area contributed by atoms with Gasteiger partial charge in [0.15, 0.2) is 17.3 Å². The number of Topliss-reactive ketones (excluding diaryl/α,β-unsaturated/α-hetero) is 1. The number of thioether (sulfide) groups is 1. The number of ketones is 1. The van der Waals surface area contributed by atoms with Crippen LogP contribution in [0.2, 0.25) is 5.02 Å². The number of rotatable bonds is 4. The van der Waals surface area contributed by atoms with Gasteiger partial charge in [-0.25, -0.2) is 4.98 Å². The molecule has 124 valence electrons. The van der Waals surface area contributed by atoms with E-state index in [2.05, 4.69) is 4.98 Å². The van der Waals surface area contributed by atoms with Crippen molar-refractivity contribution in [2.24, 2.45) is 0 Å². The van der Waals surface area contributed by atoms with Crippen molar-refractivity contribution in [3.05, 3.63) is 44.2 Å². The molecule has 24 heavy (non-hydrogen) atoms. The molecule has 2 aromatic rings. The number of aromatic hydroxyl groups is 1. The lowest BCUT2D eigenvalue weighted by Crippen LogP contribution is -2.11. The van der Waals surface area contributed by atoms with Gasteiger partial charge in [-0.15, -0.1) is 11.3 Å². The summed E-state index contributed by atoms with van der Waals surface area (Å²) in [6.45, 7) is 2.18. The monoisotopic (exact) mass is 380 g/mol. The highest BCUT2D eigenvalue weighted by molar-refractivity contribution is 8.19. The molecular weight excluding hydrogens is 368 g/mol. The number of thiazole rings is 1. The summed E-state index contributed by atoms with van der Waals surface area (Å²) in [5.74, 6) is -0.638. The lowest BCUT2D eigenvalue weighted by Gasteiger charge is -2.08. The molecule has 1 fully saturated rings. The number of hydrogen-bond acceptors (Lipinski definition) is 7. The zero-order valence-electron chi connectivity index (χ0n) is 12.6. The first kappa shape index (κ1) is 17.0. The molecule has 0 unspecified atom stereocenters. The van der Waals surface area contributed by atoms with Crippen molar-refractivity contribution in [3.63, 3.8) is 0 Å². The zero-order valence-corrected chi connectivity index (χ0v) is 15.0. The average molecular weight is 381 g/mol. The molecule has 1 aliphatic heterocycles. The quantitative estimate of drug-likeness (QED) is 0.772. The summed E-state index contributed by atoms with van der Waals surface area (Å²) >= 11 is 8.49. The number of phenols is 1. The maximum Gasteiger partial charge on any atom is 0.186 e. The van der Waals surface area contributed by atoms with Crippen LogP contribution in [0.4, 0.5) is 0 Å². The van der Waals surface area contributed by atoms with Gasteiger partial charge in [0.05, 0.1) is 21.6 Å². The molecule has 3 rings (SSSR count). The maximum atomic E-state index is 12.6. The SMILES string of the molecule is CCOc1cc(/C=C2\SC(=N)[C@H](c3nccs3)C2=O)cc(Cl)c1O. The summed E-state index contributed by atoms with van der Waals surface area (Å²) < 4.78 is 5.34. The molecule has 0 amide bonds. The summed E-state index contributed by atoms with van der Waals surface area (Å²) in [6, 6.07) is 3.17. The van der Waals surface area contributed by atoms with Crippen molar-refractivity contribution >= 4 is 51.6 Å². The van der Waals surface area contributed by atoms with E-state index in [0.29, 0.717) is 22.1 Å². The average Bonchev–Trinajstić information content (AvgIpc) is 3.13. The molecule has 1 aromatic heterocycles. The molecule has 2 N–H and O–H groups in total. The third-order valence-corrected chi connectivity index (χ3v) is 5.46. The standard InChI is InChI=1S/C16H13ClN2O3S2/c1-2-22-10-6-8(5-9(17)13(10)20)7-11-14(21)12(15(18)24-11)16-19-3-4-23-16/h3-7,12,18,20H,2H2,1H3/b11-7-,18-15?/t12-/m1/s1. The summed E-state index contributed by atoms with van der Waals surface area (Å²) in [4.78, 5) is 17.2. The van der Waals surface area contributed by atoms with Gasteiger partial charge in [-0.1, -0.05) is 23.4 Å². The third-order valence-electron chi connectivity index (χ3n) is 3.33. The van der Waals surface area contributed by atoms with Gasteiger partial charge in [-0.05, 0) is 30.7 Å². The van der Waals surface area contributed by atoms with E-state index in [9.17, 15) is 9.90 Å². The van der Waals surface area contributed by atoms with Gasteiger partial charge in [0.25, 0.3) is 0 Å². The van der Waals surface area contributed by atoms with Crippen molar-refractivity contribution in [1.82, 2.24) is 4.98 Å². The van der Waals surface area contributed by atoms with Crippen molar-refractivity contribution < 1.29 is 14.6 Å². The van der Waals surface area contributed by atoms with Crippen LogP contribution in [0.25, 0.3) is 6.08 Å². The van der Waals surface area contributed by atoms with E-state index in [-0.39, 0.29) is 27.3 Å². The molecule has 0 bridgehead atoms. The molecule has 1 aliphatic rings. The van der Waals surface area contributed by atoms with E-state index >= 15 is 0 Å². The fourth-order valence-electron chi connectivity index (χ4n) is 2.28. The summed E-state index contributed by atoms with van der Waals surface area (Å²) in [7, 11) is 0. The van der Waals surface area contributed by atoms with E-state index < -0.39 is 5.92 Å². The predicted octanol–water partition coefficient (Wildman–Crippen LogP) is 4.32. The highest BCUT2D eigenvalue weighted by Gasteiger charge is 2.38. The minimum absolute atomic E-state index is 0.125. The topological polar surface area (TPSA) is 83.3 Å². The molecule has 5 nitrogen and oxygen atoms in total. The predicted molar refractivity (Wildman–Crippen MR) is 97.4 cm³/mol. The molecule has 2 heterocycles. The Kier molecular flexibility index (Phi) is 4.93. The Bertz CT molecular complexity index is 834. The second-order valence-corrected chi connectivity index (χ2v) is 7.34. The first-order chi connectivity index (χ1) is 11.5. The zero-order chi connectivity index (χ0) is 17.3. The van der Waals surface area contributed by atoms with E-state index in [1.807, 2.05) is 0 Å². The van der Waals surface area contributed by atoms with Crippen LogP contribution in [-0.4, -0.2) is 27.5 Å². The molecular formula is C16H13ClN2O3S2. The second kappa shape index (κ2) is 6.96. The van der Waals surface area contributed by atoms with Crippen LogP contribution in [-0.2, 0) is 4.79 Å². The molecule has 1 atom stereocenters. The van der Waals surface area contributed by atoms with Gasteiger partial charge in [-0.3, -0.25) is 10.2 Å². The fraction of sp³-hybridized carbons (Fsp3) is 0.188. The molecule has 1 saturated heterocycles. The molecule has 0 aliphatic carbocycles. The van der Waals surface area contributed by atoms with Crippen molar-refractivity contribution in [2.75, 3.05) is 6.61 Å².